The van der Waals surface area contributed by atoms with Crippen LogP contribution < -0.4 is 29.6 Å². The molecule has 76 valence electrons. The molecule has 0 saturated carbocycles. The summed E-state index contributed by atoms with van der Waals surface area (Å²) in [5.74, 6) is 0. The molecule has 0 spiro atoms. The molecule has 0 bridgehead atoms. The minimum atomic E-state index is 0. The molecule has 0 aliphatic rings. The number of aliphatic hydroxyl groups excluding tert-OH is 2. The average molecular weight is 198 g/mol. The first-order chi connectivity index (χ1) is 5.91. The molecule has 0 aliphatic carbocycles. The third-order valence-corrected chi connectivity index (χ3v) is 2.07. The van der Waals surface area contributed by atoms with Gasteiger partial charge in [0.25, 0.3) is 0 Å². The van der Waals surface area contributed by atoms with Crippen molar-refractivity contribution in [2.45, 2.75) is 51.4 Å². The summed E-state index contributed by atoms with van der Waals surface area (Å²) >= 11 is 0. The second-order valence-corrected chi connectivity index (χ2v) is 3.28. The summed E-state index contributed by atoms with van der Waals surface area (Å²) in [5, 5.41) is 17.0. The molecule has 0 unspecified atom stereocenters. The van der Waals surface area contributed by atoms with Gasteiger partial charge in [-0.25, -0.2) is 0 Å². The number of hydrogen-bond acceptors (Lipinski definition) is 2. The van der Waals surface area contributed by atoms with Crippen LogP contribution in [0.2, 0.25) is 0 Å². The van der Waals surface area contributed by atoms with Gasteiger partial charge in [-0.1, -0.05) is 38.5 Å². The predicted molar refractivity (Wildman–Crippen MR) is 52.2 cm³/mol. The fourth-order valence-corrected chi connectivity index (χ4v) is 1.28. The Morgan fingerprint density at radius 3 is 1.00 bits per heavy atom. The van der Waals surface area contributed by atoms with Gasteiger partial charge in [-0.05, 0) is 12.8 Å². The Balaban J connectivity index is -0.000000605. The maximum Gasteiger partial charge on any atom is 1.00 e. The number of rotatable bonds is 9. The molecule has 2 nitrogen and oxygen atoms in total. The quantitative estimate of drug-likeness (QED) is 0.376. The van der Waals surface area contributed by atoms with Gasteiger partial charge in [-0.3, -0.25) is 0 Å². The average Bonchev–Trinajstić information content (AvgIpc) is 2.10. The van der Waals surface area contributed by atoms with E-state index in [1.54, 1.807) is 0 Å². The van der Waals surface area contributed by atoms with E-state index in [0.717, 1.165) is 25.7 Å². The molecular weight excluding hydrogens is 175 g/mol. The SMILES string of the molecule is OCCCCCCCCCCO.[H-].[Na+]. The smallest absolute Gasteiger partial charge is 1.00 e. The summed E-state index contributed by atoms with van der Waals surface area (Å²) in [4.78, 5) is 0. The van der Waals surface area contributed by atoms with Gasteiger partial charge in [0.15, 0.2) is 0 Å². The van der Waals surface area contributed by atoms with Crippen LogP contribution in [-0.2, 0) is 0 Å². The van der Waals surface area contributed by atoms with Crippen LogP contribution in [0.1, 0.15) is 52.8 Å². The van der Waals surface area contributed by atoms with Gasteiger partial charge in [0, 0.05) is 13.2 Å². The van der Waals surface area contributed by atoms with Gasteiger partial charge < -0.3 is 11.6 Å². The van der Waals surface area contributed by atoms with E-state index in [4.69, 9.17) is 10.2 Å². The third-order valence-electron chi connectivity index (χ3n) is 2.07. The molecule has 3 heteroatoms. The molecule has 0 amide bonds. The van der Waals surface area contributed by atoms with Crippen LogP contribution in [0.15, 0.2) is 0 Å². The molecule has 0 heterocycles. The van der Waals surface area contributed by atoms with E-state index in [-0.39, 0.29) is 31.0 Å². The predicted octanol–water partition coefficient (Wildman–Crippen LogP) is -0.792. The van der Waals surface area contributed by atoms with E-state index in [1.807, 2.05) is 0 Å². The van der Waals surface area contributed by atoms with Crippen molar-refractivity contribution in [2.75, 3.05) is 13.2 Å². The minimum absolute atomic E-state index is 0. The summed E-state index contributed by atoms with van der Waals surface area (Å²) in [6.45, 7) is 0.676. The molecular formula is C10H23NaO2. The standard InChI is InChI=1S/C10H22O2.Na.H/c11-9-7-5-3-1-2-4-6-8-10-12;;/h11-12H,1-10H2;;/q;+1;-1. The molecule has 0 radical (unpaired) electrons. The van der Waals surface area contributed by atoms with Gasteiger partial charge in [-0.2, -0.15) is 0 Å². The summed E-state index contributed by atoms with van der Waals surface area (Å²) in [6.07, 6.45) is 9.30. The monoisotopic (exact) mass is 198 g/mol. The first kappa shape index (κ1) is 16.4. The van der Waals surface area contributed by atoms with Crippen molar-refractivity contribution in [3.05, 3.63) is 0 Å². The summed E-state index contributed by atoms with van der Waals surface area (Å²) < 4.78 is 0. The largest absolute Gasteiger partial charge is 1.00 e. The van der Waals surface area contributed by atoms with Crippen LogP contribution in [0, 0.1) is 0 Å². The molecule has 0 aromatic heterocycles. The Kier molecular flexibility index (Phi) is 19.4. The van der Waals surface area contributed by atoms with Gasteiger partial charge in [-0.15, -0.1) is 0 Å². The second-order valence-electron chi connectivity index (χ2n) is 3.28. The van der Waals surface area contributed by atoms with Gasteiger partial charge in [0.2, 0.25) is 0 Å². The molecule has 13 heavy (non-hydrogen) atoms. The van der Waals surface area contributed by atoms with Gasteiger partial charge >= 0.3 is 29.6 Å². The second kappa shape index (κ2) is 15.4. The van der Waals surface area contributed by atoms with Crippen LogP contribution in [-0.4, -0.2) is 23.4 Å². The summed E-state index contributed by atoms with van der Waals surface area (Å²) in [7, 11) is 0. The van der Waals surface area contributed by atoms with Crippen LogP contribution in [0.4, 0.5) is 0 Å². The van der Waals surface area contributed by atoms with Crippen molar-refractivity contribution in [1.29, 1.82) is 0 Å². The van der Waals surface area contributed by atoms with Crippen LogP contribution >= 0.6 is 0 Å². The van der Waals surface area contributed by atoms with E-state index in [2.05, 4.69) is 0 Å². The third kappa shape index (κ3) is 15.7. The van der Waals surface area contributed by atoms with Crippen molar-refractivity contribution in [2.24, 2.45) is 0 Å². The molecule has 0 fully saturated rings. The minimum Gasteiger partial charge on any atom is -1.00 e. The zero-order chi connectivity index (χ0) is 9.07. The summed E-state index contributed by atoms with van der Waals surface area (Å²) in [5.41, 5.74) is 0. The van der Waals surface area contributed by atoms with Gasteiger partial charge in [0.1, 0.15) is 0 Å². The van der Waals surface area contributed by atoms with E-state index in [0.29, 0.717) is 13.2 Å². The summed E-state index contributed by atoms with van der Waals surface area (Å²) in [6, 6.07) is 0. The van der Waals surface area contributed by atoms with Crippen molar-refractivity contribution < 1.29 is 41.2 Å². The van der Waals surface area contributed by atoms with Crippen LogP contribution in [0.3, 0.4) is 0 Å². The first-order valence-electron chi connectivity index (χ1n) is 5.13. The fourth-order valence-electron chi connectivity index (χ4n) is 1.28. The molecule has 0 rings (SSSR count). The van der Waals surface area contributed by atoms with E-state index < -0.39 is 0 Å². The zero-order valence-corrected chi connectivity index (χ0v) is 11.0. The van der Waals surface area contributed by atoms with Crippen molar-refractivity contribution in [1.82, 2.24) is 0 Å². The normalized spacial score (nSPS) is 9.69. The Morgan fingerprint density at radius 2 is 0.769 bits per heavy atom. The van der Waals surface area contributed by atoms with E-state index in [1.165, 1.54) is 25.7 Å². The first-order valence-corrected chi connectivity index (χ1v) is 5.13. The maximum atomic E-state index is 8.51. The number of unbranched alkanes of at least 4 members (excludes halogenated alkanes) is 7. The topological polar surface area (TPSA) is 40.5 Å². The van der Waals surface area contributed by atoms with E-state index >= 15 is 0 Å². The number of aliphatic hydroxyl groups is 2. The van der Waals surface area contributed by atoms with Crippen molar-refractivity contribution >= 4 is 0 Å². The number of hydrogen-bond donors (Lipinski definition) is 2. The van der Waals surface area contributed by atoms with Crippen molar-refractivity contribution in [3.8, 4) is 0 Å². The Morgan fingerprint density at radius 1 is 0.538 bits per heavy atom. The van der Waals surface area contributed by atoms with Crippen molar-refractivity contribution in [3.63, 3.8) is 0 Å². The molecule has 0 saturated heterocycles. The van der Waals surface area contributed by atoms with Crippen LogP contribution in [0.25, 0.3) is 0 Å². The fraction of sp³-hybridized carbons (Fsp3) is 1.00. The molecule has 2 N–H and O–H groups in total. The molecule has 0 aromatic carbocycles. The molecule has 0 atom stereocenters. The Labute approximate surface area is 106 Å². The maximum absolute atomic E-state index is 8.51. The zero-order valence-electron chi connectivity index (χ0n) is 9.97. The molecule has 0 aliphatic heterocycles. The Hall–Kier alpha value is 0.920. The van der Waals surface area contributed by atoms with E-state index in [9.17, 15) is 0 Å². The van der Waals surface area contributed by atoms with Gasteiger partial charge in [0.05, 0.1) is 0 Å². The van der Waals surface area contributed by atoms with Crippen LogP contribution in [0.5, 0.6) is 0 Å². The Bertz CT molecular complexity index is 74.5. The molecule has 0 aromatic rings.